The van der Waals surface area contributed by atoms with Crippen LogP contribution in [-0.2, 0) is 9.59 Å². The fourth-order valence-electron chi connectivity index (χ4n) is 5.17. The number of amides is 3. The summed E-state index contributed by atoms with van der Waals surface area (Å²) in [4.78, 5) is 40.9. The maximum absolute atomic E-state index is 13.1. The van der Waals surface area contributed by atoms with Crippen LogP contribution in [0.15, 0.2) is 18.2 Å². The van der Waals surface area contributed by atoms with E-state index in [0.717, 1.165) is 25.8 Å². The topological polar surface area (TPSA) is 79.0 Å². The number of carbonyl (C=O) groups is 3. The number of carbonyl (C=O) groups excluding carboxylic acids is 3. The molecule has 3 fully saturated rings. The lowest BCUT2D eigenvalue weighted by molar-refractivity contribution is -0.144. The normalized spacial score (nSPS) is 29.4. The number of likely N-dealkylation sites (tertiary alicyclic amines) is 1. The maximum atomic E-state index is 13.1. The van der Waals surface area contributed by atoms with Crippen molar-refractivity contribution in [3.05, 3.63) is 23.8 Å². The lowest BCUT2D eigenvalue weighted by atomic mass is 9.76. The summed E-state index contributed by atoms with van der Waals surface area (Å²) in [7, 11) is 0. The lowest BCUT2D eigenvalue weighted by Gasteiger charge is -2.52. The van der Waals surface area contributed by atoms with E-state index in [1.54, 1.807) is 18.2 Å². The average molecular weight is 369 g/mol. The molecule has 4 heterocycles. The number of piperidine rings is 3. The summed E-state index contributed by atoms with van der Waals surface area (Å²) in [6.07, 6.45) is 3.78. The molecule has 4 aliphatic heterocycles. The Morgan fingerprint density at radius 2 is 2.07 bits per heavy atom. The zero-order valence-corrected chi connectivity index (χ0v) is 15.1. The van der Waals surface area contributed by atoms with Crippen molar-refractivity contribution < 1.29 is 19.1 Å². The largest absolute Gasteiger partial charge is 0.482 e. The highest BCUT2D eigenvalue weighted by atomic mass is 16.5. The van der Waals surface area contributed by atoms with Crippen LogP contribution in [0, 0.1) is 11.8 Å². The third-order valence-corrected chi connectivity index (χ3v) is 6.33. The number of rotatable bonds is 1. The SMILES string of the molecule is O=C1COc2ccc(C(=O)N3C[C@H]4C[C@@H](C3)[C@@H]3CCCC(=O)N3C4)cc2N1. The summed E-state index contributed by atoms with van der Waals surface area (Å²) >= 11 is 0. The van der Waals surface area contributed by atoms with E-state index < -0.39 is 0 Å². The molecule has 7 nitrogen and oxygen atoms in total. The minimum absolute atomic E-state index is 0.00634. The van der Waals surface area contributed by atoms with Crippen molar-refractivity contribution in [3.8, 4) is 5.75 Å². The van der Waals surface area contributed by atoms with E-state index in [4.69, 9.17) is 4.74 Å². The number of hydrogen-bond acceptors (Lipinski definition) is 4. The van der Waals surface area contributed by atoms with E-state index in [2.05, 4.69) is 10.2 Å². The fourth-order valence-corrected chi connectivity index (χ4v) is 5.17. The second kappa shape index (κ2) is 6.25. The minimum atomic E-state index is -0.207. The predicted octanol–water partition coefficient (Wildman–Crippen LogP) is 1.49. The second-order valence-corrected chi connectivity index (χ2v) is 8.13. The van der Waals surface area contributed by atoms with Crippen molar-refractivity contribution >= 4 is 23.4 Å². The minimum Gasteiger partial charge on any atom is -0.482 e. The van der Waals surface area contributed by atoms with Gasteiger partial charge in [0, 0.05) is 37.7 Å². The molecule has 27 heavy (non-hydrogen) atoms. The van der Waals surface area contributed by atoms with Crippen LogP contribution in [0.3, 0.4) is 0 Å². The third kappa shape index (κ3) is 2.85. The summed E-state index contributed by atoms with van der Waals surface area (Å²) < 4.78 is 5.37. The molecule has 3 amide bonds. The van der Waals surface area contributed by atoms with Gasteiger partial charge in [-0.25, -0.2) is 0 Å². The molecule has 3 saturated heterocycles. The Balaban J connectivity index is 1.35. The van der Waals surface area contributed by atoms with Gasteiger partial charge in [-0.15, -0.1) is 0 Å². The summed E-state index contributed by atoms with van der Waals surface area (Å²) in [5.74, 6) is 1.38. The molecule has 0 unspecified atom stereocenters. The molecule has 1 aromatic carbocycles. The smallest absolute Gasteiger partial charge is 0.262 e. The third-order valence-electron chi connectivity index (χ3n) is 6.33. The number of anilines is 1. The Labute approximate surface area is 157 Å². The zero-order valence-electron chi connectivity index (χ0n) is 15.1. The standard InChI is InChI=1S/C20H23N3O4/c24-18-11-27-17-5-4-13(7-15(17)21-18)20(26)22-8-12-6-14(10-22)16-2-1-3-19(25)23(16)9-12/h4-5,7,12,14,16H,1-3,6,8-11H2,(H,21,24)/t12-,14+,16+/m1/s1. The van der Waals surface area contributed by atoms with Crippen LogP contribution in [0.4, 0.5) is 5.69 Å². The fraction of sp³-hybridized carbons (Fsp3) is 0.550. The lowest BCUT2D eigenvalue weighted by Crippen LogP contribution is -2.61. The summed E-state index contributed by atoms with van der Waals surface area (Å²) in [6.45, 7) is 2.17. The first-order valence-electron chi connectivity index (χ1n) is 9.74. The molecule has 4 aliphatic rings. The van der Waals surface area contributed by atoms with Gasteiger partial charge in [0.2, 0.25) is 5.91 Å². The molecule has 7 heteroatoms. The first-order chi connectivity index (χ1) is 13.1. The van der Waals surface area contributed by atoms with Crippen LogP contribution >= 0.6 is 0 Å². The molecular formula is C20H23N3O4. The van der Waals surface area contributed by atoms with Gasteiger partial charge in [-0.05, 0) is 49.3 Å². The van der Waals surface area contributed by atoms with Crippen molar-refractivity contribution in [1.82, 2.24) is 9.80 Å². The molecule has 3 atom stereocenters. The van der Waals surface area contributed by atoms with Gasteiger partial charge >= 0.3 is 0 Å². The Morgan fingerprint density at radius 1 is 1.19 bits per heavy atom. The number of nitrogens with zero attached hydrogens (tertiary/aromatic N) is 2. The van der Waals surface area contributed by atoms with Gasteiger partial charge in [0.25, 0.3) is 11.8 Å². The first kappa shape index (κ1) is 16.6. The molecule has 0 saturated carbocycles. The Bertz CT molecular complexity index is 823. The van der Waals surface area contributed by atoms with E-state index in [0.29, 0.717) is 48.3 Å². The number of hydrogen-bond donors (Lipinski definition) is 1. The van der Waals surface area contributed by atoms with Crippen LogP contribution in [0.2, 0.25) is 0 Å². The second-order valence-electron chi connectivity index (χ2n) is 8.13. The van der Waals surface area contributed by atoms with Gasteiger partial charge in [0.1, 0.15) is 5.75 Å². The zero-order chi connectivity index (χ0) is 18.5. The molecule has 2 bridgehead atoms. The van der Waals surface area contributed by atoms with Crippen molar-refractivity contribution in [2.24, 2.45) is 11.8 Å². The van der Waals surface area contributed by atoms with E-state index in [1.165, 1.54) is 0 Å². The Hall–Kier alpha value is -2.57. The van der Waals surface area contributed by atoms with E-state index in [1.807, 2.05) is 4.90 Å². The number of benzene rings is 1. The van der Waals surface area contributed by atoms with Crippen LogP contribution in [0.5, 0.6) is 5.75 Å². The summed E-state index contributed by atoms with van der Waals surface area (Å²) in [5.41, 5.74) is 1.12. The Morgan fingerprint density at radius 3 is 2.96 bits per heavy atom. The molecule has 0 spiro atoms. The monoisotopic (exact) mass is 369 g/mol. The number of ether oxygens (including phenoxy) is 1. The maximum Gasteiger partial charge on any atom is 0.262 e. The summed E-state index contributed by atoms with van der Waals surface area (Å²) in [5, 5.41) is 2.76. The van der Waals surface area contributed by atoms with E-state index in [9.17, 15) is 14.4 Å². The van der Waals surface area contributed by atoms with Crippen molar-refractivity contribution in [3.63, 3.8) is 0 Å². The van der Waals surface area contributed by atoms with Crippen molar-refractivity contribution in [1.29, 1.82) is 0 Å². The van der Waals surface area contributed by atoms with Gasteiger partial charge in [-0.3, -0.25) is 14.4 Å². The number of nitrogens with one attached hydrogen (secondary N) is 1. The molecule has 0 aliphatic carbocycles. The van der Waals surface area contributed by atoms with Gasteiger partial charge in [0.15, 0.2) is 6.61 Å². The molecule has 1 N–H and O–H groups in total. The van der Waals surface area contributed by atoms with Crippen LogP contribution in [-0.4, -0.2) is 59.8 Å². The highest BCUT2D eigenvalue weighted by Crippen LogP contribution is 2.38. The van der Waals surface area contributed by atoms with Gasteiger partial charge in [0.05, 0.1) is 5.69 Å². The van der Waals surface area contributed by atoms with Crippen molar-refractivity contribution in [2.45, 2.75) is 31.7 Å². The first-order valence-corrected chi connectivity index (χ1v) is 9.74. The van der Waals surface area contributed by atoms with Gasteiger partial charge < -0.3 is 19.9 Å². The van der Waals surface area contributed by atoms with Crippen LogP contribution in [0.1, 0.15) is 36.0 Å². The molecule has 0 radical (unpaired) electrons. The van der Waals surface area contributed by atoms with Crippen molar-refractivity contribution in [2.75, 3.05) is 31.6 Å². The highest BCUT2D eigenvalue weighted by Gasteiger charge is 2.44. The van der Waals surface area contributed by atoms with Gasteiger partial charge in [-0.2, -0.15) is 0 Å². The van der Waals surface area contributed by atoms with Gasteiger partial charge in [-0.1, -0.05) is 0 Å². The molecule has 142 valence electrons. The Kier molecular flexibility index (Phi) is 3.84. The van der Waals surface area contributed by atoms with E-state index in [-0.39, 0.29) is 30.4 Å². The molecule has 1 aromatic rings. The summed E-state index contributed by atoms with van der Waals surface area (Å²) in [6, 6.07) is 5.50. The van der Waals surface area contributed by atoms with Crippen LogP contribution in [0.25, 0.3) is 0 Å². The quantitative estimate of drug-likeness (QED) is 0.814. The predicted molar refractivity (Wildman–Crippen MR) is 97.4 cm³/mol. The highest BCUT2D eigenvalue weighted by molar-refractivity contribution is 6.00. The number of fused-ring (bicyclic) bond motifs is 5. The molecule has 0 aromatic heterocycles. The van der Waals surface area contributed by atoms with E-state index >= 15 is 0 Å². The average Bonchev–Trinajstić information content (AvgIpc) is 2.67. The van der Waals surface area contributed by atoms with Crippen LogP contribution < -0.4 is 10.1 Å². The molecule has 5 rings (SSSR count). The molecular weight excluding hydrogens is 346 g/mol.